The molecule has 0 saturated heterocycles. The minimum Gasteiger partial charge on any atom is -0.478 e. The second kappa shape index (κ2) is 5.56. The van der Waals surface area contributed by atoms with Crippen LogP contribution >= 0.6 is 15.9 Å². The average Bonchev–Trinajstić information content (AvgIpc) is 1.80. The van der Waals surface area contributed by atoms with Gasteiger partial charge in [-0.05, 0) is 0 Å². The summed E-state index contributed by atoms with van der Waals surface area (Å²) in [6.45, 7) is 0. The Labute approximate surface area is 62.0 Å². The first kappa shape index (κ1) is 8.43. The Hall–Kier alpha value is -0.570. The van der Waals surface area contributed by atoms with Crippen LogP contribution in [0.5, 0.6) is 0 Å². The Morgan fingerprint density at radius 1 is 1.56 bits per heavy atom. The van der Waals surface area contributed by atoms with E-state index in [0.717, 1.165) is 11.4 Å². The molecule has 0 saturated carbocycles. The monoisotopic (exact) mass is 190 g/mol. The summed E-state index contributed by atoms with van der Waals surface area (Å²) < 4.78 is 0. The fourth-order valence-corrected chi connectivity index (χ4v) is 0.484. The molecule has 50 valence electrons. The minimum atomic E-state index is -0.922. The first-order valence-corrected chi connectivity index (χ1v) is 3.51. The molecule has 0 aliphatic heterocycles. The number of aliphatic carboxylic acids is 1. The zero-order chi connectivity index (χ0) is 7.11. The molecule has 2 nitrogen and oxygen atoms in total. The van der Waals surface area contributed by atoms with Crippen LogP contribution in [0.3, 0.4) is 0 Å². The molecule has 9 heavy (non-hydrogen) atoms. The summed E-state index contributed by atoms with van der Waals surface area (Å²) in [5, 5.41) is 8.83. The van der Waals surface area contributed by atoms with E-state index in [9.17, 15) is 4.79 Å². The molecule has 0 fully saturated rings. The van der Waals surface area contributed by atoms with Crippen molar-refractivity contribution in [2.24, 2.45) is 0 Å². The highest BCUT2D eigenvalue weighted by atomic mass is 79.9. The molecule has 0 spiro atoms. The average molecular weight is 191 g/mol. The molecule has 0 heterocycles. The summed E-state index contributed by atoms with van der Waals surface area (Å²) in [5.74, 6) is -0.922. The topological polar surface area (TPSA) is 37.3 Å². The fourth-order valence-electron chi connectivity index (χ4n) is 0.268. The van der Waals surface area contributed by atoms with E-state index >= 15 is 0 Å². The number of rotatable bonds is 3. The molecule has 0 bridgehead atoms. The predicted octanol–water partition coefficient (Wildman–Crippen LogP) is 1.58. The van der Waals surface area contributed by atoms with Crippen LogP contribution in [0.15, 0.2) is 24.3 Å². The lowest BCUT2D eigenvalue weighted by molar-refractivity contribution is -0.131. The summed E-state index contributed by atoms with van der Waals surface area (Å²) in [5.41, 5.74) is 0. The lowest BCUT2D eigenvalue weighted by Crippen LogP contribution is -1.84. The Morgan fingerprint density at radius 2 is 2.22 bits per heavy atom. The van der Waals surface area contributed by atoms with E-state index in [4.69, 9.17) is 5.11 Å². The lowest BCUT2D eigenvalue weighted by atomic mass is 10.4. The zero-order valence-corrected chi connectivity index (χ0v) is 6.34. The molecule has 0 aliphatic carbocycles. The van der Waals surface area contributed by atoms with Gasteiger partial charge in [-0.25, -0.2) is 4.79 Å². The van der Waals surface area contributed by atoms with E-state index < -0.39 is 5.97 Å². The van der Waals surface area contributed by atoms with Crippen molar-refractivity contribution in [1.82, 2.24) is 0 Å². The van der Waals surface area contributed by atoms with Gasteiger partial charge in [0.2, 0.25) is 0 Å². The third kappa shape index (κ3) is 7.43. The van der Waals surface area contributed by atoms with Gasteiger partial charge in [0.05, 0.1) is 0 Å². The molecule has 0 amide bonds. The van der Waals surface area contributed by atoms with E-state index in [2.05, 4.69) is 15.9 Å². The number of halogens is 1. The number of carbonyl (C=O) groups is 1. The first-order valence-electron chi connectivity index (χ1n) is 2.39. The van der Waals surface area contributed by atoms with Crippen molar-refractivity contribution < 1.29 is 9.90 Å². The summed E-state index contributed by atoms with van der Waals surface area (Å²) in [6.07, 6.45) is 6.03. The van der Waals surface area contributed by atoms with Crippen LogP contribution in [0.1, 0.15) is 0 Å². The molecule has 1 N–H and O–H groups in total. The van der Waals surface area contributed by atoms with Gasteiger partial charge in [-0.1, -0.05) is 34.2 Å². The largest absolute Gasteiger partial charge is 0.478 e. The Balaban J connectivity index is 3.47. The maximum absolute atomic E-state index is 9.83. The Bertz CT molecular complexity index is 138. The van der Waals surface area contributed by atoms with Crippen LogP contribution in [0, 0.1) is 0 Å². The predicted molar refractivity (Wildman–Crippen MR) is 39.7 cm³/mol. The number of alkyl halides is 1. The van der Waals surface area contributed by atoms with Crippen LogP contribution in [-0.2, 0) is 4.79 Å². The number of allylic oxidation sites excluding steroid dienone is 3. The molecule has 0 radical (unpaired) electrons. The fraction of sp³-hybridized carbons (Fsp3) is 0.167. The van der Waals surface area contributed by atoms with Gasteiger partial charge in [0.25, 0.3) is 0 Å². The van der Waals surface area contributed by atoms with Crippen molar-refractivity contribution in [3.8, 4) is 0 Å². The summed E-state index contributed by atoms with van der Waals surface area (Å²) in [7, 11) is 0. The van der Waals surface area contributed by atoms with Crippen LogP contribution < -0.4 is 0 Å². The van der Waals surface area contributed by atoms with Crippen LogP contribution in [-0.4, -0.2) is 16.4 Å². The van der Waals surface area contributed by atoms with Gasteiger partial charge in [-0.3, -0.25) is 0 Å². The number of carboxylic acid groups (broad SMARTS) is 1. The Kier molecular flexibility index (Phi) is 5.21. The van der Waals surface area contributed by atoms with Gasteiger partial charge in [-0.15, -0.1) is 0 Å². The molecule has 0 aromatic heterocycles. The number of hydrogen-bond donors (Lipinski definition) is 1. The highest BCUT2D eigenvalue weighted by Gasteiger charge is 1.79. The summed E-state index contributed by atoms with van der Waals surface area (Å²) >= 11 is 3.15. The molecule has 0 aromatic carbocycles. The van der Waals surface area contributed by atoms with Crippen molar-refractivity contribution in [3.05, 3.63) is 24.3 Å². The molecule has 0 aromatic rings. The summed E-state index contributed by atoms with van der Waals surface area (Å²) in [6, 6.07) is 0. The lowest BCUT2D eigenvalue weighted by Gasteiger charge is -1.74. The van der Waals surface area contributed by atoms with Crippen molar-refractivity contribution in [2.75, 3.05) is 5.33 Å². The number of hydrogen-bond acceptors (Lipinski definition) is 1. The third-order valence-corrected chi connectivity index (χ3v) is 0.949. The SMILES string of the molecule is O=C(O)/C=C/C=C/CBr. The molecule has 0 atom stereocenters. The smallest absolute Gasteiger partial charge is 0.328 e. The van der Waals surface area contributed by atoms with Crippen molar-refractivity contribution >= 4 is 21.9 Å². The number of carboxylic acids is 1. The van der Waals surface area contributed by atoms with Crippen molar-refractivity contribution in [1.29, 1.82) is 0 Å². The maximum atomic E-state index is 9.83. The van der Waals surface area contributed by atoms with Crippen molar-refractivity contribution in [3.63, 3.8) is 0 Å². The first-order chi connectivity index (χ1) is 4.27. The zero-order valence-electron chi connectivity index (χ0n) is 4.75. The van der Waals surface area contributed by atoms with Crippen molar-refractivity contribution in [2.45, 2.75) is 0 Å². The third-order valence-electron chi connectivity index (χ3n) is 0.575. The molecule has 3 heteroatoms. The van der Waals surface area contributed by atoms with Crippen LogP contribution in [0.25, 0.3) is 0 Å². The quantitative estimate of drug-likeness (QED) is 0.417. The second-order valence-electron chi connectivity index (χ2n) is 1.28. The van der Waals surface area contributed by atoms with Gasteiger partial charge in [0, 0.05) is 11.4 Å². The maximum Gasteiger partial charge on any atom is 0.328 e. The van der Waals surface area contributed by atoms with Gasteiger partial charge in [0.1, 0.15) is 0 Å². The van der Waals surface area contributed by atoms with E-state index in [1.54, 1.807) is 12.2 Å². The van der Waals surface area contributed by atoms with E-state index in [-0.39, 0.29) is 0 Å². The second-order valence-corrected chi connectivity index (χ2v) is 1.93. The van der Waals surface area contributed by atoms with E-state index in [0.29, 0.717) is 0 Å². The molecule has 0 unspecified atom stereocenters. The minimum absolute atomic E-state index is 0.747. The van der Waals surface area contributed by atoms with Crippen LogP contribution in [0.2, 0.25) is 0 Å². The molecular weight excluding hydrogens is 184 g/mol. The van der Waals surface area contributed by atoms with Gasteiger partial charge >= 0.3 is 5.97 Å². The Morgan fingerprint density at radius 3 is 2.67 bits per heavy atom. The normalized spacial score (nSPS) is 11.2. The van der Waals surface area contributed by atoms with Gasteiger partial charge < -0.3 is 5.11 Å². The summed E-state index contributed by atoms with van der Waals surface area (Å²) in [4.78, 5) is 9.83. The molecule has 0 aliphatic rings. The van der Waals surface area contributed by atoms with Gasteiger partial charge in [0.15, 0.2) is 0 Å². The highest BCUT2D eigenvalue weighted by molar-refractivity contribution is 9.09. The van der Waals surface area contributed by atoms with E-state index in [1.165, 1.54) is 6.08 Å². The van der Waals surface area contributed by atoms with Gasteiger partial charge in [-0.2, -0.15) is 0 Å². The molecular formula is C6H7BrO2. The van der Waals surface area contributed by atoms with E-state index in [1.807, 2.05) is 0 Å². The standard InChI is InChI=1S/C6H7BrO2/c7-5-3-1-2-4-6(8)9/h1-4H,5H2,(H,8,9)/b3-1+,4-2+. The molecule has 0 rings (SSSR count). The highest BCUT2D eigenvalue weighted by Crippen LogP contribution is 1.82. The van der Waals surface area contributed by atoms with Crippen LogP contribution in [0.4, 0.5) is 0 Å².